The summed E-state index contributed by atoms with van der Waals surface area (Å²) < 4.78 is 51.4. The van der Waals surface area contributed by atoms with Crippen molar-refractivity contribution >= 4 is 11.7 Å². The number of hydrogen-bond acceptors (Lipinski definition) is 5. The number of halogens is 4. The molecule has 1 unspecified atom stereocenters. The maximum Gasteiger partial charge on any atom is 0.419 e. The van der Waals surface area contributed by atoms with Crippen molar-refractivity contribution in [1.82, 2.24) is 10.2 Å². The van der Waals surface area contributed by atoms with Gasteiger partial charge < -0.3 is 4.90 Å². The van der Waals surface area contributed by atoms with E-state index in [1.807, 2.05) is 11.0 Å². The van der Waals surface area contributed by atoms with E-state index in [2.05, 4.69) is 10.2 Å². The molecule has 0 radical (unpaired) electrons. The van der Waals surface area contributed by atoms with Gasteiger partial charge in [-0.1, -0.05) is 6.07 Å². The van der Waals surface area contributed by atoms with Gasteiger partial charge in [0.2, 0.25) is 0 Å². The second-order valence-electron chi connectivity index (χ2n) is 6.51. The summed E-state index contributed by atoms with van der Waals surface area (Å²) in [6.07, 6.45) is -4.22. The molecular weight excluding hydrogens is 378 g/mol. The highest BCUT2D eigenvalue weighted by atomic mass is 19.4. The molecule has 1 atom stereocenters. The fraction of sp³-hybridized carbons (Fsp3) is 0.333. The zero-order valence-electron chi connectivity index (χ0n) is 14.6. The van der Waals surface area contributed by atoms with Crippen LogP contribution >= 0.6 is 0 Å². The summed E-state index contributed by atoms with van der Waals surface area (Å²) in [5.41, 5.74) is -0.938. The van der Waals surface area contributed by atoms with Gasteiger partial charge >= 0.3 is 12.1 Å². The predicted molar refractivity (Wildman–Crippen MR) is 89.4 cm³/mol. The third-order valence-corrected chi connectivity index (χ3v) is 4.45. The Bertz CT molecular complexity index is 908. The first kappa shape index (κ1) is 19.7. The SMILES string of the molecule is N#Cc1ccc(N2CCC([NH2+]C(=O)Cc3ccc(C(F)(F)F)c(F)c3)C2)nn1. The van der Waals surface area contributed by atoms with Crippen LogP contribution in [0.2, 0.25) is 0 Å². The quantitative estimate of drug-likeness (QED) is 0.793. The molecule has 0 spiro atoms. The van der Waals surface area contributed by atoms with Crippen molar-refractivity contribution in [1.29, 1.82) is 5.26 Å². The molecule has 0 aliphatic carbocycles. The Morgan fingerprint density at radius 3 is 2.68 bits per heavy atom. The van der Waals surface area contributed by atoms with E-state index in [1.165, 1.54) is 5.32 Å². The van der Waals surface area contributed by atoms with Gasteiger partial charge in [0.15, 0.2) is 11.5 Å². The molecule has 2 N–H and O–H groups in total. The summed E-state index contributed by atoms with van der Waals surface area (Å²) in [4.78, 5) is 14.1. The van der Waals surface area contributed by atoms with E-state index < -0.39 is 17.6 Å². The fourth-order valence-corrected chi connectivity index (χ4v) is 3.11. The van der Waals surface area contributed by atoms with Crippen LogP contribution in [-0.2, 0) is 17.4 Å². The molecule has 28 heavy (non-hydrogen) atoms. The topological polar surface area (TPSA) is 86.5 Å². The number of nitrogens with zero attached hydrogens (tertiary/aromatic N) is 4. The first-order valence-electron chi connectivity index (χ1n) is 8.48. The lowest BCUT2D eigenvalue weighted by atomic mass is 10.1. The van der Waals surface area contributed by atoms with Crippen molar-refractivity contribution in [3.63, 3.8) is 0 Å². The molecule has 3 rings (SSSR count). The van der Waals surface area contributed by atoms with Gasteiger partial charge in [0.05, 0.1) is 18.5 Å². The zero-order chi connectivity index (χ0) is 20.3. The van der Waals surface area contributed by atoms with Gasteiger partial charge in [0.25, 0.3) is 0 Å². The molecule has 1 aliphatic rings. The summed E-state index contributed by atoms with van der Waals surface area (Å²) >= 11 is 0. The minimum Gasteiger partial charge on any atom is -0.349 e. The number of nitriles is 1. The molecule has 0 saturated carbocycles. The molecule has 1 aromatic carbocycles. The molecule has 0 bridgehead atoms. The van der Waals surface area contributed by atoms with E-state index in [4.69, 9.17) is 5.26 Å². The van der Waals surface area contributed by atoms with E-state index in [0.717, 1.165) is 12.1 Å². The van der Waals surface area contributed by atoms with Crippen molar-refractivity contribution in [3.05, 3.63) is 53.0 Å². The van der Waals surface area contributed by atoms with Crippen molar-refractivity contribution in [2.45, 2.75) is 25.1 Å². The third-order valence-electron chi connectivity index (χ3n) is 4.45. The Morgan fingerprint density at radius 2 is 2.07 bits per heavy atom. The number of anilines is 1. The molecule has 1 amide bonds. The fourth-order valence-electron chi connectivity index (χ4n) is 3.11. The Morgan fingerprint density at radius 1 is 1.29 bits per heavy atom. The summed E-state index contributed by atoms with van der Waals surface area (Å²) in [7, 11) is 0. The van der Waals surface area contributed by atoms with Gasteiger partial charge in [-0.25, -0.2) is 9.18 Å². The van der Waals surface area contributed by atoms with Crippen LogP contribution in [0, 0.1) is 17.1 Å². The Balaban J connectivity index is 1.55. The lowest BCUT2D eigenvalue weighted by Crippen LogP contribution is -2.94. The van der Waals surface area contributed by atoms with Gasteiger partial charge in [-0.05, 0) is 29.8 Å². The van der Waals surface area contributed by atoms with Crippen LogP contribution in [0.5, 0.6) is 0 Å². The molecule has 1 fully saturated rings. The summed E-state index contributed by atoms with van der Waals surface area (Å²) in [6, 6.07) is 7.59. The lowest BCUT2D eigenvalue weighted by molar-refractivity contribution is -0.601. The first-order chi connectivity index (χ1) is 13.3. The molecule has 1 saturated heterocycles. The molecule has 2 aromatic rings. The van der Waals surface area contributed by atoms with Crippen molar-refractivity contribution < 1.29 is 27.7 Å². The monoisotopic (exact) mass is 394 g/mol. The summed E-state index contributed by atoms with van der Waals surface area (Å²) in [5, 5.41) is 18.0. The van der Waals surface area contributed by atoms with Crippen molar-refractivity contribution in [3.8, 4) is 6.07 Å². The number of carbonyl (C=O) groups is 1. The Kier molecular flexibility index (Phi) is 5.56. The van der Waals surface area contributed by atoms with E-state index in [-0.39, 0.29) is 29.6 Å². The van der Waals surface area contributed by atoms with E-state index in [9.17, 15) is 22.4 Å². The maximum absolute atomic E-state index is 13.6. The smallest absolute Gasteiger partial charge is 0.349 e. The van der Waals surface area contributed by atoms with E-state index >= 15 is 0 Å². The Labute approximate surface area is 157 Å². The van der Waals surface area contributed by atoms with Crippen LogP contribution in [0.25, 0.3) is 0 Å². The van der Waals surface area contributed by atoms with Crippen molar-refractivity contribution in [2.24, 2.45) is 0 Å². The molecule has 6 nitrogen and oxygen atoms in total. The third kappa shape index (κ3) is 4.61. The van der Waals surface area contributed by atoms with Gasteiger partial charge in [0, 0.05) is 13.0 Å². The minimum atomic E-state index is -4.76. The molecule has 10 heteroatoms. The van der Waals surface area contributed by atoms with Crippen LogP contribution in [0.15, 0.2) is 30.3 Å². The highest BCUT2D eigenvalue weighted by Gasteiger charge is 2.34. The number of nitrogens with two attached hydrogens (primary N) is 1. The molecule has 2 heterocycles. The van der Waals surface area contributed by atoms with Crippen LogP contribution in [0.3, 0.4) is 0 Å². The van der Waals surface area contributed by atoms with Gasteiger partial charge in [-0.3, -0.25) is 5.32 Å². The van der Waals surface area contributed by atoms with Crippen LogP contribution in [-0.4, -0.2) is 35.2 Å². The average molecular weight is 394 g/mol. The highest BCUT2D eigenvalue weighted by molar-refractivity contribution is 5.69. The van der Waals surface area contributed by atoms with Gasteiger partial charge in [-0.15, -0.1) is 10.2 Å². The highest BCUT2D eigenvalue weighted by Crippen LogP contribution is 2.31. The molecule has 1 aliphatic heterocycles. The van der Waals surface area contributed by atoms with E-state index in [0.29, 0.717) is 31.4 Å². The van der Waals surface area contributed by atoms with Crippen LogP contribution in [0.1, 0.15) is 23.2 Å². The first-order valence-corrected chi connectivity index (χ1v) is 8.48. The van der Waals surface area contributed by atoms with Crippen LogP contribution in [0.4, 0.5) is 23.4 Å². The lowest BCUT2D eigenvalue weighted by Gasteiger charge is -2.15. The van der Waals surface area contributed by atoms with E-state index in [1.54, 1.807) is 12.1 Å². The zero-order valence-corrected chi connectivity index (χ0v) is 14.6. The normalized spacial score (nSPS) is 16.8. The number of primary amides is 1. The minimum absolute atomic E-state index is 0.0516. The standard InChI is InChI=1S/C18H15F4N5O/c19-15-7-11(1-3-14(15)18(20,21)22)8-17(28)24-13-5-6-27(10-13)16-4-2-12(9-23)25-26-16/h1-4,7,13H,5-6,8,10H2,(H,24,28)/p+1. The number of quaternary nitrogens is 1. The number of alkyl halides is 3. The Hall–Kier alpha value is -3.06. The van der Waals surface area contributed by atoms with Gasteiger partial charge in [-0.2, -0.15) is 18.4 Å². The second-order valence-corrected chi connectivity index (χ2v) is 6.51. The maximum atomic E-state index is 13.6. The number of carbonyl (C=O) groups excluding carboxylic acids is 1. The predicted octanol–water partition coefficient (Wildman–Crippen LogP) is 1.42. The summed E-state index contributed by atoms with van der Waals surface area (Å²) in [6.45, 7) is 1.19. The van der Waals surface area contributed by atoms with Gasteiger partial charge in [0.1, 0.15) is 17.9 Å². The number of amides is 1. The molecule has 146 valence electrons. The number of hydrogen-bond donors (Lipinski definition) is 1. The van der Waals surface area contributed by atoms with Crippen LogP contribution < -0.4 is 10.2 Å². The number of aromatic nitrogens is 2. The number of benzene rings is 1. The number of rotatable bonds is 4. The average Bonchev–Trinajstić information content (AvgIpc) is 3.09. The summed E-state index contributed by atoms with van der Waals surface area (Å²) in [5.74, 6) is -1.06. The second kappa shape index (κ2) is 7.90. The largest absolute Gasteiger partial charge is 0.419 e. The van der Waals surface area contributed by atoms with Crippen molar-refractivity contribution in [2.75, 3.05) is 18.0 Å². The molecular formula is C18H16F4N5O+. The molecule has 1 aromatic heterocycles.